The van der Waals surface area contributed by atoms with E-state index in [1.54, 1.807) is 6.92 Å². The predicted molar refractivity (Wildman–Crippen MR) is 72.5 cm³/mol. The van der Waals surface area contributed by atoms with Crippen molar-refractivity contribution in [2.24, 2.45) is 11.4 Å². The van der Waals surface area contributed by atoms with Gasteiger partial charge in [0, 0.05) is 0 Å². The molecule has 0 saturated carbocycles. The molecule has 0 aromatic heterocycles. The van der Waals surface area contributed by atoms with Gasteiger partial charge in [-0.2, -0.15) is 0 Å². The van der Waals surface area contributed by atoms with E-state index in [9.17, 15) is 14.2 Å². The maximum atomic E-state index is 12.0. The SMILES string of the molecule is CC[C@@H](C)[C@@H](NC(=O)[C@@H]1CCCN1)C(=O)OP(N)(=O)O. The molecule has 0 aromatic carbocycles. The molecular weight excluding hydrogens is 285 g/mol. The molecule has 4 atom stereocenters. The average Bonchev–Trinajstić information content (AvgIpc) is 2.86. The lowest BCUT2D eigenvalue weighted by atomic mass is 9.99. The molecule has 1 rings (SSSR count). The number of rotatable bonds is 6. The zero-order valence-corrected chi connectivity index (χ0v) is 12.6. The van der Waals surface area contributed by atoms with Crippen LogP contribution in [-0.4, -0.2) is 35.4 Å². The van der Waals surface area contributed by atoms with E-state index in [4.69, 9.17) is 10.4 Å². The molecule has 20 heavy (non-hydrogen) atoms. The minimum atomic E-state index is -4.41. The van der Waals surface area contributed by atoms with Crippen molar-refractivity contribution < 1.29 is 23.6 Å². The Morgan fingerprint density at radius 1 is 1.60 bits per heavy atom. The van der Waals surface area contributed by atoms with Crippen LogP contribution >= 0.6 is 7.75 Å². The standard InChI is InChI=1S/C11H22N3O5P/c1-3-7(2)9(11(16)19-20(12,17)18)14-10(15)8-5-4-6-13-8/h7-9,13H,3-6H2,1-2H3,(H,14,15)(H3,12,17,18)/t7-,8+,9-/m1/s1. The Balaban J connectivity index is 2.71. The van der Waals surface area contributed by atoms with Crippen molar-refractivity contribution in [2.75, 3.05) is 6.54 Å². The van der Waals surface area contributed by atoms with Gasteiger partial charge in [-0.25, -0.2) is 14.9 Å². The smallest absolute Gasteiger partial charge is 0.379 e. The third-order valence-corrected chi connectivity index (χ3v) is 3.80. The van der Waals surface area contributed by atoms with Crippen molar-refractivity contribution in [1.82, 2.24) is 10.6 Å². The molecule has 5 N–H and O–H groups in total. The van der Waals surface area contributed by atoms with Gasteiger partial charge in [0.1, 0.15) is 6.04 Å². The molecule has 1 aliphatic heterocycles. The van der Waals surface area contributed by atoms with Gasteiger partial charge < -0.3 is 20.1 Å². The summed E-state index contributed by atoms with van der Waals surface area (Å²) in [5, 5.41) is 5.58. The molecule has 1 fully saturated rings. The number of nitrogens with one attached hydrogen (secondary N) is 2. The van der Waals surface area contributed by atoms with E-state index in [-0.39, 0.29) is 17.9 Å². The van der Waals surface area contributed by atoms with Gasteiger partial charge in [0.15, 0.2) is 0 Å². The lowest BCUT2D eigenvalue weighted by Gasteiger charge is -2.24. The summed E-state index contributed by atoms with van der Waals surface area (Å²) in [6.45, 7) is 4.34. The molecule has 116 valence electrons. The van der Waals surface area contributed by atoms with Gasteiger partial charge in [-0.3, -0.25) is 4.79 Å². The van der Waals surface area contributed by atoms with Gasteiger partial charge in [-0.05, 0) is 25.3 Å². The van der Waals surface area contributed by atoms with E-state index in [0.717, 1.165) is 13.0 Å². The zero-order valence-electron chi connectivity index (χ0n) is 11.7. The van der Waals surface area contributed by atoms with Crippen LogP contribution in [0.25, 0.3) is 0 Å². The number of carbonyl (C=O) groups excluding carboxylic acids is 2. The van der Waals surface area contributed by atoms with Crippen LogP contribution in [0.1, 0.15) is 33.1 Å². The van der Waals surface area contributed by atoms with Crippen molar-refractivity contribution in [3.63, 3.8) is 0 Å². The van der Waals surface area contributed by atoms with Gasteiger partial charge in [0.05, 0.1) is 6.04 Å². The van der Waals surface area contributed by atoms with Gasteiger partial charge >= 0.3 is 13.7 Å². The molecular formula is C11H22N3O5P. The summed E-state index contributed by atoms with van der Waals surface area (Å²) in [5.74, 6) is -1.53. The molecule has 0 aromatic rings. The Bertz CT molecular complexity index is 405. The van der Waals surface area contributed by atoms with Crippen LogP contribution in [0.2, 0.25) is 0 Å². The lowest BCUT2D eigenvalue weighted by molar-refractivity contribution is -0.141. The van der Waals surface area contributed by atoms with Gasteiger partial charge in [-0.15, -0.1) is 0 Å². The van der Waals surface area contributed by atoms with Crippen LogP contribution in [-0.2, 0) is 18.7 Å². The fourth-order valence-corrected chi connectivity index (χ4v) is 2.39. The van der Waals surface area contributed by atoms with Gasteiger partial charge in [-0.1, -0.05) is 20.3 Å². The minimum absolute atomic E-state index is 0.237. The fourth-order valence-electron chi connectivity index (χ4n) is 2.02. The molecule has 0 radical (unpaired) electrons. The Labute approximate surface area is 118 Å². The Hall–Kier alpha value is -0.950. The van der Waals surface area contributed by atoms with Crippen LogP contribution in [0.15, 0.2) is 0 Å². The van der Waals surface area contributed by atoms with Crippen molar-refractivity contribution in [1.29, 1.82) is 0 Å². The summed E-state index contributed by atoms with van der Waals surface area (Å²) < 4.78 is 15.2. The molecule has 1 saturated heterocycles. The van der Waals surface area contributed by atoms with Gasteiger partial charge in [0.2, 0.25) is 5.91 Å². The Kier molecular flexibility index (Phi) is 6.13. The molecule has 8 nitrogen and oxygen atoms in total. The molecule has 0 spiro atoms. The predicted octanol–water partition coefficient (Wildman–Crippen LogP) is -0.128. The number of nitrogens with two attached hydrogens (primary N) is 1. The van der Waals surface area contributed by atoms with Crippen molar-refractivity contribution in [2.45, 2.75) is 45.2 Å². The van der Waals surface area contributed by atoms with E-state index < -0.39 is 19.8 Å². The van der Waals surface area contributed by atoms with Crippen molar-refractivity contribution >= 4 is 19.6 Å². The van der Waals surface area contributed by atoms with E-state index >= 15 is 0 Å². The van der Waals surface area contributed by atoms with Crippen LogP contribution in [0.5, 0.6) is 0 Å². The maximum absolute atomic E-state index is 12.0. The number of hydrogen-bond donors (Lipinski definition) is 4. The van der Waals surface area contributed by atoms with Crippen LogP contribution in [0.4, 0.5) is 0 Å². The molecule has 9 heteroatoms. The molecule has 1 aliphatic rings. The minimum Gasteiger partial charge on any atom is -0.379 e. The number of hydrogen-bond acceptors (Lipinski definition) is 5. The highest BCUT2D eigenvalue weighted by atomic mass is 31.2. The average molecular weight is 307 g/mol. The summed E-state index contributed by atoms with van der Waals surface area (Å²) in [6.07, 6.45) is 2.19. The van der Waals surface area contributed by atoms with Crippen molar-refractivity contribution in [3.05, 3.63) is 0 Å². The summed E-state index contributed by atoms with van der Waals surface area (Å²) in [4.78, 5) is 32.7. The first-order valence-electron chi connectivity index (χ1n) is 6.63. The normalized spacial score (nSPS) is 24.5. The molecule has 1 amide bonds. The largest absolute Gasteiger partial charge is 0.455 e. The molecule has 1 unspecified atom stereocenters. The fraction of sp³-hybridized carbons (Fsp3) is 0.818. The van der Waals surface area contributed by atoms with Crippen LogP contribution in [0, 0.1) is 5.92 Å². The number of carbonyl (C=O) groups is 2. The summed E-state index contributed by atoms with van der Waals surface area (Å²) >= 11 is 0. The molecule has 1 heterocycles. The second-order valence-corrected chi connectivity index (χ2v) is 6.31. The van der Waals surface area contributed by atoms with E-state index in [1.165, 1.54) is 0 Å². The Morgan fingerprint density at radius 3 is 2.70 bits per heavy atom. The monoisotopic (exact) mass is 307 g/mol. The topological polar surface area (TPSA) is 131 Å². The first-order chi connectivity index (χ1) is 9.24. The van der Waals surface area contributed by atoms with Crippen LogP contribution < -0.4 is 16.1 Å². The maximum Gasteiger partial charge on any atom is 0.455 e. The van der Waals surface area contributed by atoms with E-state index in [2.05, 4.69) is 15.2 Å². The van der Waals surface area contributed by atoms with Crippen LogP contribution in [0.3, 0.4) is 0 Å². The highest BCUT2D eigenvalue weighted by molar-refractivity contribution is 7.50. The molecule has 0 aliphatic carbocycles. The second kappa shape index (κ2) is 7.17. The summed E-state index contributed by atoms with van der Waals surface area (Å²) in [5.41, 5.74) is 4.81. The Morgan fingerprint density at radius 2 is 2.25 bits per heavy atom. The zero-order chi connectivity index (χ0) is 15.3. The molecule has 0 bridgehead atoms. The number of amides is 1. The first-order valence-corrected chi connectivity index (χ1v) is 8.27. The highest BCUT2D eigenvalue weighted by Gasteiger charge is 2.33. The lowest BCUT2D eigenvalue weighted by Crippen LogP contribution is -2.51. The first kappa shape index (κ1) is 17.1. The highest BCUT2D eigenvalue weighted by Crippen LogP contribution is 2.32. The summed E-state index contributed by atoms with van der Waals surface area (Å²) in [6, 6.07) is -1.33. The summed E-state index contributed by atoms with van der Waals surface area (Å²) in [7, 11) is -4.41. The second-order valence-electron chi connectivity index (χ2n) is 5.00. The van der Waals surface area contributed by atoms with Crippen molar-refractivity contribution in [3.8, 4) is 0 Å². The third-order valence-electron chi connectivity index (χ3n) is 3.36. The van der Waals surface area contributed by atoms with E-state index in [1.807, 2.05) is 6.92 Å². The van der Waals surface area contributed by atoms with E-state index in [0.29, 0.717) is 12.8 Å². The van der Waals surface area contributed by atoms with Gasteiger partial charge in [0.25, 0.3) is 0 Å². The third kappa shape index (κ3) is 5.20. The quantitative estimate of drug-likeness (QED) is 0.503.